The third-order valence-electron chi connectivity index (χ3n) is 3.27. The highest BCUT2D eigenvalue weighted by Gasteiger charge is 2.30. The number of benzene rings is 1. The molecule has 0 aliphatic heterocycles. The van der Waals surface area contributed by atoms with E-state index in [1.165, 1.54) is 38.4 Å². The number of hydrogen-bond donors (Lipinski definition) is 1. The topological polar surface area (TPSA) is 92.3 Å². The largest absolute Gasteiger partial charge is 0.348 e. The van der Waals surface area contributed by atoms with Crippen molar-refractivity contribution in [1.29, 1.82) is 0 Å². The van der Waals surface area contributed by atoms with Crippen molar-refractivity contribution in [2.24, 2.45) is 0 Å². The summed E-state index contributed by atoms with van der Waals surface area (Å²) in [5.41, 5.74) is 1.44. The summed E-state index contributed by atoms with van der Waals surface area (Å²) in [4.78, 5) is 21.1. The molecule has 1 atom stereocenters. The van der Waals surface area contributed by atoms with Crippen LogP contribution in [0.1, 0.15) is 6.92 Å². The lowest BCUT2D eigenvalue weighted by Crippen LogP contribution is -2.39. The van der Waals surface area contributed by atoms with Crippen LogP contribution >= 0.6 is 0 Å². The van der Waals surface area contributed by atoms with Gasteiger partial charge in [0.1, 0.15) is 6.33 Å². The van der Waals surface area contributed by atoms with Crippen molar-refractivity contribution in [3.05, 3.63) is 42.9 Å². The zero-order chi connectivity index (χ0) is 17.0. The van der Waals surface area contributed by atoms with Crippen molar-refractivity contribution >= 4 is 21.6 Å². The van der Waals surface area contributed by atoms with Crippen LogP contribution in [0.4, 0.5) is 5.69 Å². The third-order valence-corrected chi connectivity index (χ3v) is 4.90. The van der Waals surface area contributed by atoms with Gasteiger partial charge in [-0.1, -0.05) is 30.3 Å². The molecule has 1 aromatic heterocycles. The molecule has 1 N–H and O–H groups in total. The van der Waals surface area contributed by atoms with Crippen molar-refractivity contribution in [2.75, 3.05) is 18.8 Å². The maximum atomic E-state index is 12.4. The molecule has 1 heterocycles. The summed E-state index contributed by atoms with van der Waals surface area (Å²) in [7, 11) is -0.891. The van der Waals surface area contributed by atoms with Crippen LogP contribution < -0.4 is 4.72 Å². The number of amides is 1. The fourth-order valence-electron chi connectivity index (χ4n) is 1.97. The van der Waals surface area contributed by atoms with Gasteiger partial charge in [0.05, 0.1) is 17.6 Å². The summed E-state index contributed by atoms with van der Waals surface area (Å²) < 4.78 is 27.3. The first kappa shape index (κ1) is 16.9. The average Bonchev–Trinajstić information content (AvgIpc) is 2.54. The Morgan fingerprint density at radius 2 is 1.87 bits per heavy atom. The fourth-order valence-corrected chi connectivity index (χ4v) is 3.08. The first-order valence-corrected chi connectivity index (χ1v) is 8.46. The van der Waals surface area contributed by atoms with E-state index in [1.807, 2.05) is 30.3 Å². The number of nitrogens with zero attached hydrogens (tertiary/aromatic N) is 3. The van der Waals surface area contributed by atoms with Crippen LogP contribution in [0.25, 0.3) is 11.3 Å². The van der Waals surface area contributed by atoms with Crippen LogP contribution in [0.15, 0.2) is 42.9 Å². The monoisotopic (exact) mass is 334 g/mol. The van der Waals surface area contributed by atoms with Crippen LogP contribution in [-0.4, -0.2) is 48.5 Å². The van der Waals surface area contributed by atoms with Crippen molar-refractivity contribution in [1.82, 2.24) is 14.9 Å². The molecule has 23 heavy (non-hydrogen) atoms. The molecule has 122 valence electrons. The van der Waals surface area contributed by atoms with Gasteiger partial charge >= 0.3 is 0 Å². The molecule has 2 aromatic rings. The van der Waals surface area contributed by atoms with E-state index in [1.54, 1.807) is 0 Å². The normalized spacial score (nSPS) is 12.5. The van der Waals surface area contributed by atoms with Crippen molar-refractivity contribution in [2.45, 2.75) is 12.2 Å². The van der Waals surface area contributed by atoms with E-state index in [0.29, 0.717) is 5.69 Å². The Bertz CT molecular complexity index is 791. The predicted octanol–water partition coefficient (Wildman–Crippen LogP) is 1.36. The minimum Gasteiger partial charge on any atom is -0.348 e. The second-order valence-corrected chi connectivity index (χ2v) is 7.17. The van der Waals surface area contributed by atoms with E-state index in [-0.39, 0.29) is 5.69 Å². The lowest BCUT2D eigenvalue weighted by atomic mass is 10.1. The van der Waals surface area contributed by atoms with Crippen molar-refractivity contribution in [3.63, 3.8) is 0 Å². The second kappa shape index (κ2) is 6.74. The number of anilines is 1. The molecule has 0 bridgehead atoms. The summed E-state index contributed by atoms with van der Waals surface area (Å²) in [5.74, 6) is -0.504. The molecule has 0 aliphatic carbocycles. The zero-order valence-electron chi connectivity index (χ0n) is 13.1. The Morgan fingerprint density at radius 1 is 1.22 bits per heavy atom. The van der Waals surface area contributed by atoms with E-state index in [9.17, 15) is 13.2 Å². The van der Waals surface area contributed by atoms with Gasteiger partial charge in [-0.05, 0) is 6.92 Å². The van der Waals surface area contributed by atoms with Gasteiger partial charge in [0.2, 0.25) is 15.9 Å². The molecule has 8 heteroatoms. The van der Waals surface area contributed by atoms with Gasteiger partial charge in [0, 0.05) is 19.7 Å². The highest BCUT2D eigenvalue weighted by Crippen LogP contribution is 2.25. The van der Waals surface area contributed by atoms with Gasteiger partial charge in [-0.25, -0.2) is 18.4 Å². The Morgan fingerprint density at radius 3 is 2.48 bits per heavy atom. The molecule has 7 nitrogen and oxygen atoms in total. The zero-order valence-corrected chi connectivity index (χ0v) is 13.9. The second-order valence-electron chi connectivity index (χ2n) is 5.17. The van der Waals surface area contributed by atoms with Gasteiger partial charge in [0.15, 0.2) is 5.25 Å². The first-order valence-electron chi connectivity index (χ1n) is 6.91. The number of sulfonamides is 1. The van der Waals surface area contributed by atoms with E-state index >= 15 is 0 Å². The molecule has 0 spiro atoms. The Labute approximate surface area is 135 Å². The number of hydrogen-bond acceptors (Lipinski definition) is 5. The summed E-state index contributed by atoms with van der Waals surface area (Å²) in [6, 6.07) is 9.14. The van der Waals surface area contributed by atoms with Gasteiger partial charge < -0.3 is 4.90 Å². The minimum atomic E-state index is -3.91. The maximum absolute atomic E-state index is 12.4. The summed E-state index contributed by atoms with van der Waals surface area (Å²) in [6.45, 7) is 1.34. The summed E-state index contributed by atoms with van der Waals surface area (Å²) in [6.07, 6.45) is 2.72. The first-order chi connectivity index (χ1) is 10.8. The molecule has 1 aromatic carbocycles. The van der Waals surface area contributed by atoms with E-state index < -0.39 is 21.2 Å². The SMILES string of the molecule is C[C@@H](C(=O)N(C)C)S(=O)(=O)Nc1cncnc1-c1ccccc1. The predicted molar refractivity (Wildman–Crippen MR) is 88.2 cm³/mol. The number of nitrogens with one attached hydrogen (secondary N) is 1. The number of carbonyl (C=O) groups is 1. The standard InChI is InChI=1S/C15H18N4O3S/c1-11(15(20)19(2)3)23(21,22)18-13-9-16-10-17-14(13)12-7-5-4-6-8-12/h4-11,18H,1-3H3/t11-/m0/s1. The van der Waals surface area contributed by atoms with Gasteiger partial charge in [-0.3, -0.25) is 9.52 Å². The Balaban J connectivity index is 2.36. The van der Waals surface area contributed by atoms with Crippen LogP contribution in [0.3, 0.4) is 0 Å². The average molecular weight is 334 g/mol. The highest BCUT2D eigenvalue weighted by molar-refractivity contribution is 7.94. The molecule has 2 rings (SSSR count). The smallest absolute Gasteiger partial charge is 0.244 e. The Hall–Kier alpha value is -2.48. The summed E-state index contributed by atoms with van der Waals surface area (Å²) in [5, 5.41) is -1.22. The van der Waals surface area contributed by atoms with Crippen molar-refractivity contribution in [3.8, 4) is 11.3 Å². The molecular weight excluding hydrogens is 316 g/mol. The van der Waals surface area contributed by atoms with Crippen LogP contribution in [-0.2, 0) is 14.8 Å². The molecule has 0 radical (unpaired) electrons. The fraction of sp³-hybridized carbons (Fsp3) is 0.267. The van der Waals surface area contributed by atoms with Crippen molar-refractivity contribution < 1.29 is 13.2 Å². The molecule has 0 saturated heterocycles. The van der Waals surface area contributed by atoms with Crippen LogP contribution in [0.2, 0.25) is 0 Å². The van der Waals surface area contributed by atoms with Crippen LogP contribution in [0, 0.1) is 0 Å². The van der Waals surface area contributed by atoms with Gasteiger partial charge in [0.25, 0.3) is 0 Å². The minimum absolute atomic E-state index is 0.233. The Kier molecular flexibility index (Phi) is 4.95. The molecule has 1 amide bonds. The van der Waals surface area contributed by atoms with Gasteiger partial charge in [-0.2, -0.15) is 0 Å². The van der Waals surface area contributed by atoms with E-state index in [0.717, 1.165) is 5.56 Å². The third kappa shape index (κ3) is 3.84. The highest BCUT2D eigenvalue weighted by atomic mass is 32.2. The quantitative estimate of drug-likeness (QED) is 0.891. The molecule has 0 aliphatic rings. The van der Waals surface area contributed by atoms with Crippen LogP contribution in [0.5, 0.6) is 0 Å². The molecular formula is C15H18N4O3S. The van der Waals surface area contributed by atoms with E-state index in [4.69, 9.17) is 0 Å². The lowest BCUT2D eigenvalue weighted by molar-refractivity contribution is -0.127. The van der Waals surface area contributed by atoms with E-state index in [2.05, 4.69) is 14.7 Å². The number of aromatic nitrogens is 2. The summed E-state index contributed by atoms with van der Waals surface area (Å²) >= 11 is 0. The number of rotatable bonds is 5. The molecule has 0 saturated carbocycles. The molecule has 0 unspecified atom stereocenters. The van der Waals surface area contributed by atoms with Gasteiger partial charge in [-0.15, -0.1) is 0 Å². The number of carbonyl (C=O) groups excluding carboxylic acids is 1. The lowest BCUT2D eigenvalue weighted by Gasteiger charge is -2.19. The maximum Gasteiger partial charge on any atom is 0.244 e. The molecule has 0 fully saturated rings.